The van der Waals surface area contributed by atoms with Crippen LogP contribution in [0.2, 0.25) is 0 Å². The third kappa shape index (κ3) is 7.98. The van der Waals surface area contributed by atoms with Crippen LogP contribution in [0.25, 0.3) is 0 Å². The molecule has 0 radical (unpaired) electrons. The van der Waals surface area contributed by atoms with Crippen molar-refractivity contribution in [1.29, 1.82) is 0 Å². The predicted octanol–water partition coefficient (Wildman–Crippen LogP) is -0.429. The van der Waals surface area contributed by atoms with E-state index < -0.39 is 54.9 Å². The number of terminal acetylenes is 1. The Labute approximate surface area is 170 Å². The number of hydrogen-bond donors (Lipinski definition) is 1. The summed E-state index contributed by atoms with van der Waals surface area (Å²) >= 11 is 0. The third-order valence-electron chi connectivity index (χ3n) is 4.01. The van der Waals surface area contributed by atoms with Crippen LogP contribution in [0, 0.1) is 12.3 Å². The molecule has 0 saturated carbocycles. The zero-order valence-corrected chi connectivity index (χ0v) is 17.6. The van der Waals surface area contributed by atoms with E-state index >= 15 is 0 Å². The van der Waals surface area contributed by atoms with Gasteiger partial charge < -0.3 is 33.3 Å². The predicted molar refractivity (Wildman–Crippen MR) is 98.8 cm³/mol. The van der Waals surface area contributed by atoms with E-state index in [-0.39, 0.29) is 11.0 Å². The van der Waals surface area contributed by atoms with Gasteiger partial charge in [0, 0.05) is 13.8 Å². The monoisotopic (exact) mass is 416 g/mol. The molecular formula is C19H30NO9+. The van der Waals surface area contributed by atoms with Crippen LogP contribution in [0.15, 0.2) is 0 Å². The molecule has 1 rings (SSSR count). The Morgan fingerprint density at radius 2 is 1.66 bits per heavy atom. The van der Waals surface area contributed by atoms with E-state index in [4.69, 9.17) is 30.1 Å². The number of rotatable bonds is 8. The lowest BCUT2D eigenvalue weighted by atomic mass is 9.99. The van der Waals surface area contributed by atoms with E-state index in [1.807, 2.05) is 0 Å². The van der Waals surface area contributed by atoms with Gasteiger partial charge >= 0.3 is 17.9 Å². The van der Waals surface area contributed by atoms with Crippen LogP contribution in [0.5, 0.6) is 0 Å². The normalized spacial score (nSPS) is 28.0. The number of carbonyl (C=O) groups is 3. The molecule has 0 aromatic heterocycles. The number of hydrogen-bond acceptors (Lipinski definition) is 9. The molecule has 29 heavy (non-hydrogen) atoms. The molecule has 1 saturated heterocycles. The third-order valence-corrected chi connectivity index (χ3v) is 4.01. The second-order valence-electron chi connectivity index (χ2n) is 7.50. The van der Waals surface area contributed by atoms with Gasteiger partial charge in [0.15, 0.2) is 25.0 Å². The van der Waals surface area contributed by atoms with Gasteiger partial charge in [-0.3, -0.25) is 9.59 Å². The first-order chi connectivity index (χ1) is 13.4. The van der Waals surface area contributed by atoms with Crippen molar-refractivity contribution in [2.45, 2.75) is 64.7 Å². The fraction of sp³-hybridized carbons (Fsp3) is 0.737. The molecule has 0 spiro atoms. The van der Waals surface area contributed by atoms with Crippen LogP contribution < -0.4 is 0 Å². The van der Waals surface area contributed by atoms with Crippen LogP contribution in [0.3, 0.4) is 0 Å². The summed E-state index contributed by atoms with van der Waals surface area (Å²) in [7, 11) is 3.51. The molecule has 0 amide bonds. The maximum atomic E-state index is 12.4. The average molecular weight is 416 g/mol. The molecular weight excluding hydrogens is 386 g/mol. The number of aliphatic hydroxyl groups excluding tert-OH is 1. The van der Waals surface area contributed by atoms with Gasteiger partial charge in [0.25, 0.3) is 0 Å². The Kier molecular flexibility index (Phi) is 9.04. The lowest BCUT2D eigenvalue weighted by Gasteiger charge is -2.43. The smallest absolute Gasteiger partial charge is 0.364 e. The van der Waals surface area contributed by atoms with Crippen LogP contribution in [0.4, 0.5) is 0 Å². The van der Waals surface area contributed by atoms with E-state index in [2.05, 4.69) is 5.92 Å². The first-order valence-electron chi connectivity index (χ1n) is 9.14. The zero-order chi connectivity index (χ0) is 22.4. The number of likely N-dealkylation sites (N-methyl/N-ethyl adjacent to an activating group) is 1. The number of nitrogens with zero attached hydrogens (tertiary/aromatic N) is 1. The number of quaternary nitrogens is 1. The van der Waals surface area contributed by atoms with E-state index in [0.717, 1.165) is 6.92 Å². The first-order valence-corrected chi connectivity index (χ1v) is 9.14. The van der Waals surface area contributed by atoms with Gasteiger partial charge in [-0.15, -0.1) is 6.42 Å². The van der Waals surface area contributed by atoms with Crippen molar-refractivity contribution in [1.82, 2.24) is 0 Å². The minimum atomic E-state index is -1.33. The van der Waals surface area contributed by atoms with Crippen LogP contribution in [0.1, 0.15) is 27.7 Å². The molecule has 3 unspecified atom stereocenters. The molecule has 10 nitrogen and oxygen atoms in total. The van der Waals surface area contributed by atoms with Crippen molar-refractivity contribution < 1.29 is 47.7 Å². The minimum absolute atomic E-state index is 0.0550. The summed E-state index contributed by atoms with van der Waals surface area (Å²) in [4.78, 5) is 35.5. The molecule has 164 valence electrons. The fourth-order valence-corrected chi connectivity index (χ4v) is 2.94. The molecule has 6 atom stereocenters. The molecule has 0 aromatic carbocycles. The maximum Gasteiger partial charge on any atom is 0.364 e. The Morgan fingerprint density at radius 1 is 1.10 bits per heavy atom. The Balaban J connectivity index is 3.11. The zero-order valence-electron chi connectivity index (χ0n) is 17.6. The SMILES string of the molecule is C#CC[N+](C)(C)CC(=O)OC1O[C@@H](C)C(OC(C)=O)[C@@H](OC(C)O)[C@H]1OC(C)=O. The van der Waals surface area contributed by atoms with Crippen molar-refractivity contribution in [2.75, 3.05) is 27.2 Å². The van der Waals surface area contributed by atoms with Crippen LogP contribution in [-0.2, 0) is 38.1 Å². The average Bonchev–Trinajstić information content (AvgIpc) is 2.52. The van der Waals surface area contributed by atoms with Gasteiger partial charge in [0.05, 0.1) is 20.2 Å². The van der Waals surface area contributed by atoms with E-state index in [9.17, 15) is 19.5 Å². The number of aliphatic hydroxyl groups is 1. The molecule has 10 heteroatoms. The number of ether oxygens (including phenoxy) is 5. The van der Waals surface area contributed by atoms with Gasteiger partial charge in [0.1, 0.15) is 12.6 Å². The van der Waals surface area contributed by atoms with Gasteiger partial charge in [-0.2, -0.15) is 0 Å². The van der Waals surface area contributed by atoms with Crippen molar-refractivity contribution in [2.24, 2.45) is 0 Å². The highest BCUT2D eigenvalue weighted by atomic mass is 16.7. The molecule has 1 fully saturated rings. The van der Waals surface area contributed by atoms with Gasteiger partial charge in [-0.25, -0.2) is 4.79 Å². The highest BCUT2D eigenvalue weighted by molar-refractivity contribution is 5.71. The molecule has 0 aromatic rings. The fourth-order valence-electron chi connectivity index (χ4n) is 2.94. The highest BCUT2D eigenvalue weighted by Crippen LogP contribution is 2.30. The van der Waals surface area contributed by atoms with E-state index in [1.54, 1.807) is 21.0 Å². The van der Waals surface area contributed by atoms with Gasteiger partial charge in [0.2, 0.25) is 6.29 Å². The standard InChI is InChI=1S/C19H30NO9/c1-8-9-20(6,7)10-15(24)29-19-18(28-14(5)23)17(27-13(4)22)16(11(2)25-19)26-12(3)21/h1,11,13,16-19,22H,9-10H2,2-7H3/q+1/t11-,13?,16?,17+,18+,19?/m0/s1. The summed E-state index contributed by atoms with van der Waals surface area (Å²) in [5.74, 6) is 0.530. The molecule has 0 bridgehead atoms. The number of esters is 3. The van der Waals surface area contributed by atoms with Crippen molar-refractivity contribution in [3.63, 3.8) is 0 Å². The summed E-state index contributed by atoms with van der Waals surface area (Å²) in [5, 5.41) is 9.70. The van der Waals surface area contributed by atoms with E-state index in [1.165, 1.54) is 13.8 Å². The summed E-state index contributed by atoms with van der Waals surface area (Å²) in [6.45, 7) is 5.52. The van der Waals surface area contributed by atoms with Gasteiger partial charge in [-0.1, -0.05) is 0 Å². The van der Waals surface area contributed by atoms with Crippen LogP contribution in [-0.4, -0.2) is 91.7 Å². The summed E-state index contributed by atoms with van der Waals surface area (Å²) < 4.78 is 27.2. The Bertz CT molecular complexity index is 640. The molecule has 1 aliphatic rings. The summed E-state index contributed by atoms with van der Waals surface area (Å²) in [6.07, 6.45) is -1.48. The Hall–Kier alpha value is -2.19. The van der Waals surface area contributed by atoms with Gasteiger partial charge in [-0.05, 0) is 19.8 Å². The number of carbonyl (C=O) groups excluding carboxylic acids is 3. The second kappa shape index (κ2) is 10.5. The second-order valence-corrected chi connectivity index (χ2v) is 7.50. The quantitative estimate of drug-likeness (QED) is 0.185. The summed E-state index contributed by atoms with van der Waals surface area (Å²) in [5.41, 5.74) is 0. The topological polar surface area (TPSA) is 118 Å². The lowest BCUT2D eigenvalue weighted by Crippen LogP contribution is -2.62. The minimum Gasteiger partial charge on any atom is -0.457 e. The summed E-state index contributed by atoms with van der Waals surface area (Å²) in [6, 6.07) is 0. The molecule has 1 N–H and O–H groups in total. The van der Waals surface area contributed by atoms with Crippen molar-refractivity contribution in [3.05, 3.63) is 0 Å². The molecule has 1 heterocycles. The largest absolute Gasteiger partial charge is 0.457 e. The lowest BCUT2D eigenvalue weighted by molar-refractivity contribution is -0.875. The molecule has 1 aliphatic heterocycles. The molecule has 0 aliphatic carbocycles. The van der Waals surface area contributed by atoms with Crippen molar-refractivity contribution >= 4 is 17.9 Å². The van der Waals surface area contributed by atoms with Crippen molar-refractivity contribution in [3.8, 4) is 12.3 Å². The Morgan fingerprint density at radius 3 is 2.14 bits per heavy atom. The maximum absolute atomic E-state index is 12.4. The highest BCUT2D eigenvalue weighted by Gasteiger charge is 2.51. The van der Waals surface area contributed by atoms with E-state index in [0.29, 0.717) is 6.54 Å². The van der Waals surface area contributed by atoms with Crippen LogP contribution >= 0.6 is 0 Å². The first kappa shape index (κ1) is 24.8.